The van der Waals surface area contributed by atoms with Crippen LogP contribution in [0, 0.1) is 12.8 Å². The molecule has 152 valence electrons. The van der Waals surface area contributed by atoms with Crippen LogP contribution in [0.15, 0.2) is 42.5 Å². The van der Waals surface area contributed by atoms with Gasteiger partial charge in [0.15, 0.2) is 5.69 Å². The lowest BCUT2D eigenvalue weighted by Crippen LogP contribution is -2.39. The minimum Gasteiger partial charge on any atom is -0.286 e. The van der Waals surface area contributed by atoms with Gasteiger partial charge in [0.05, 0.1) is 16.4 Å². The maximum Gasteiger partial charge on any atom is 0.286 e. The molecule has 0 aliphatic carbocycles. The predicted molar refractivity (Wildman–Crippen MR) is 119 cm³/mol. The first-order chi connectivity index (χ1) is 13.8. The van der Waals surface area contributed by atoms with Crippen molar-refractivity contribution in [2.24, 2.45) is 5.92 Å². The van der Waals surface area contributed by atoms with Gasteiger partial charge in [0.2, 0.25) is 0 Å². The van der Waals surface area contributed by atoms with Crippen LogP contribution in [0.4, 0.5) is 0 Å². The van der Waals surface area contributed by atoms with Crippen LogP contribution < -0.4 is 10.9 Å². The summed E-state index contributed by atoms with van der Waals surface area (Å²) in [5, 5.41) is 6.14. The largest absolute Gasteiger partial charge is 0.286 e. The summed E-state index contributed by atoms with van der Waals surface area (Å²) in [6, 6.07) is 12.5. The number of nitrogens with one attached hydrogen (secondary N) is 2. The molecule has 0 spiro atoms. The third-order valence-electron chi connectivity index (χ3n) is 4.31. The summed E-state index contributed by atoms with van der Waals surface area (Å²) in [7, 11) is 0. The Morgan fingerprint density at radius 3 is 2.34 bits per heavy atom. The van der Waals surface area contributed by atoms with E-state index in [4.69, 9.17) is 34.8 Å². The molecule has 0 aliphatic heterocycles. The molecule has 5 nitrogen and oxygen atoms in total. The second-order valence-electron chi connectivity index (χ2n) is 7.07. The molecule has 2 aromatic carbocycles. The van der Waals surface area contributed by atoms with Gasteiger partial charge in [-0.25, -0.2) is 10.1 Å². The Balaban J connectivity index is 2.10. The minimum atomic E-state index is -0.317. The molecule has 1 amide bonds. The number of carbonyl (C=O) groups is 1. The Bertz CT molecular complexity index is 1030. The number of hydrazine groups is 1. The summed E-state index contributed by atoms with van der Waals surface area (Å²) in [6.45, 7) is 6.62. The van der Waals surface area contributed by atoms with Gasteiger partial charge in [0.1, 0.15) is 0 Å². The Morgan fingerprint density at radius 1 is 1.07 bits per heavy atom. The van der Waals surface area contributed by atoms with E-state index in [1.165, 1.54) is 0 Å². The van der Waals surface area contributed by atoms with Gasteiger partial charge in [-0.1, -0.05) is 60.8 Å². The maximum absolute atomic E-state index is 12.7. The highest BCUT2D eigenvalue weighted by molar-refractivity contribution is 6.35. The van der Waals surface area contributed by atoms with E-state index < -0.39 is 0 Å². The number of amides is 1. The summed E-state index contributed by atoms with van der Waals surface area (Å²) >= 11 is 18.5. The lowest BCUT2D eigenvalue weighted by atomic mass is 10.1. The van der Waals surface area contributed by atoms with Crippen LogP contribution in [0.2, 0.25) is 15.1 Å². The number of hydrogen-bond donors (Lipinski definition) is 2. The highest BCUT2D eigenvalue weighted by Gasteiger charge is 2.23. The molecular formula is C21H21Cl3N4O. The van der Waals surface area contributed by atoms with Gasteiger partial charge >= 0.3 is 0 Å². The molecule has 0 fully saturated rings. The molecule has 3 rings (SSSR count). The molecule has 0 radical (unpaired) electrons. The van der Waals surface area contributed by atoms with E-state index in [1.54, 1.807) is 35.0 Å². The van der Waals surface area contributed by atoms with Crippen LogP contribution >= 0.6 is 34.8 Å². The van der Waals surface area contributed by atoms with Crippen LogP contribution in [0.25, 0.3) is 16.9 Å². The van der Waals surface area contributed by atoms with Crippen molar-refractivity contribution in [3.63, 3.8) is 0 Å². The average Bonchev–Trinajstić information content (AvgIpc) is 2.99. The summed E-state index contributed by atoms with van der Waals surface area (Å²) in [4.78, 5) is 12.7. The highest BCUT2D eigenvalue weighted by Crippen LogP contribution is 2.33. The Kier molecular flexibility index (Phi) is 6.85. The molecule has 8 heteroatoms. The van der Waals surface area contributed by atoms with Gasteiger partial charge < -0.3 is 0 Å². The third-order valence-corrected chi connectivity index (χ3v) is 5.09. The van der Waals surface area contributed by atoms with Crippen LogP contribution in [0.3, 0.4) is 0 Å². The first-order valence-electron chi connectivity index (χ1n) is 9.12. The van der Waals surface area contributed by atoms with Crippen molar-refractivity contribution in [1.29, 1.82) is 0 Å². The Labute approximate surface area is 184 Å². The van der Waals surface area contributed by atoms with Crippen molar-refractivity contribution in [3.8, 4) is 16.9 Å². The van der Waals surface area contributed by atoms with Crippen molar-refractivity contribution < 1.29 is 4.79 Å². The quantitative estimate of drug-likeness (QED) is 0.473. The van der Waals surface area contributed by atoms with Crippen molar-refractivity contribution in [2.75, 3.05) is 6.54 Å². The fraction of sp³-hybridized carbons (Fsp3) is 0.238. The predicted octanol–water partition coefficient (Wildman–Crippen LogP) is 5.70. The van der Waals surface area contributed by atoms with Crippen molar-refractivity contribution in [2.45, 2.75) is 20.8 Å². The van der Waals surface area contributed by atoms with E-state index in [0.29, 0.717) is 38.9 Å². The molecule has 0 atom stereocenters. The zero-order valence-corrected chi connectivity index (χ0v) is 18.5. The highest BCUT2D eigenvalue weighted by atomic mass is 35.5. The lowest BCUT2D eigenvalue weighted by molar-refractivity contribution is 0.0925. The Hall–Kier alpha value is -2.05. The third kappa shape index (κ3) is 4.93. The van der Waals surface area contributed by atoms with Crippen molar-refractivity contribution >= 4 is 40.7 Å². The van der Waals surface area contributed by atoms with Gasteiger partial charge in [-0.3, -0.25) is 10.2 Å². The first-order valence-corrected chi connectivity index (χ1v) is 10.3. The van der Waals surface area contributed by atoms with E-state index >= 15 is 0 Å². The Morgan fingerprint density at radius 2 is 1.72 bits per heavy atom. The summed E-state index contributed by atoms with van der Waals surface area (Å²) < 4.78 is 1.66. The summed E-state index contributed by atoms with van der Waals surface area (Å²) in [5.41, 5.74) is 8.90. The smallest absolute Gasteiger partial charge is 0.286 e. The minimum absolute atomic E-state index is 0.303. The average molecular weight is 452 g/mol. The van der Waals surface area contributed by atoms with Crippen molar-refractivity contribution in [1.82, 2.24) is 20.6 Å². The van der Waals surface area contributed by atoms with E-state index in [1.807, 2.05) is 19.1 Å². The summed E-state index contributed by atoms with van der Waals surface area (Å²) in [6.07, 6.45) is 0. The summed E-state index contributed by atoms with van der Waals surface area (Å²) in [5.74, 6) is 0.0775. The van der Waals surface area contributed by atoms with E-state index in [2.05, 4.69) is 29.8 Å². The van der Waals surface area contributed by atoms with Gasteiger partial charge in [0, 0.05) is 27.7 Å². The standard InChI is InChI=1S/C21H21Cl3N4O/c1-12(2)11-25-26-21(29)19-13(3)20(14-4-6-15(22)7-5-14)28(27-19)18-9-8-16(23)10-17(18)24/h4-10,12,25H,11H2,1-3H3,(H,26,29). The van der Waals surface area contributed by atoms with E-state index in [9.17, 15) is 4.79 Å². The number of halogens is 3. The van der Waals surface area contributed by atoms with Crippen molar-refractivity contribution in [3.05, 3.63) is 68.8 Å². The van der Waals surface area contributed by atoms with Gasteiger partial charge in [-0.2, -0.15) is 5.10 Å². The normalized spacial score (nSPS) is 11.1. The molecule has 2 N–H and O–H groups in total. The number of hydrogen-bond acceptors (Lipinski definition) is 3. The number of aromatic nitrogens is 2. The maximum atomic E-state index is 12.7. The first kappa shape index (κ1) is 21.7. The van der Waals surface area contributed by atoms with Gasteiger partial charge in [-0.15, -0.1) is 0 Å². The monoisotopic (exact) mass is 450 g/mol. The van der Waals surface area contributed by atoms with Crippen LogP contribution in [-0.2, 0) is 0 Å². The molecule has 0 saturated carbocycles. The van der Waals surface area contributed by atoms with Crippen LogP contribution in [0.1, 0.15) is 29.9 Å². The van der Waals surface area contributed by atoms with Crippen LogP contribution in [0.5, 0.6) is 0 Å². The number of carbonyl (C=O) groups excluding carboxylic acids is 1. The fourth-order valence-corrected chi connectivity index (χ4v) is 3.49. The van der Waals surface area contributed by atoms with E-state index in [0.717, 1.165) is 16.8 Å². The van der Waals surface area contributed by atoms with Crippen LogP contribution in [-0.4, -0.2) is 22.2 Å². The second-order valence-corrected chi connectivity index (χ2v) is 8.35. The molecule has 1 heterocycles. The zero-order chi connectivity index (χ0) is 21.1. The lowest BCUT2D eigenvalue weighted by Gasteiger charge is -2.11. The molecule has 0 aliphatic rings. The molecule has 1 aromatic heterocycles. The second kappa shape index (κ2) is 9.18. The number of nitrogens with zero attached hydrogens (tertiary/aromatic N) is 2. The molecule has 29 heavy (non-hydrogen) atoms. The molecule has 3 aromatic rings. The van der Waals surface area contributed by atoms with Gasteiger partial charge in [0.25, 0.3) is 5.91 Å². The zero-order valence-electron chi connectivity index (χ0n) is 16.3. The number of benzene rings is 2. The molecular weight excluding hydrogens is 431 g/mol. The van der Waals surface area contributed by atoms with Gasteiger partial charge in [-0.05, 0) is 43.2 Å². The number of rotatable bonds is 6. The SMILES string of the molecule is Cc1c(C(=O)NNCC(C)C)nn(-c2ccc(Cl)cc2Cl)c1-c1ccc(Cl)cc1. The van der Waals surface area contributed by atoms with E-state index in [-0.39, 0.29) is 5.91 Å². The molecule has 0 unspecified atom stereocenters. The molecule has 0 bridgehead atoms. The topological polar surface area (TPSA) is 59.0 Å². The molecule has 0 saturated heterocycles. The fourth-order valence-electron chi connectivity index (χ4n) is 2.88.